The maximum Gasteiger partial charge on any atom is 0.224 e. The molecule has 1 N–H and O–H groups in total. The molecule has 0 saturated heterocycles. The van der Waals surface area contributed by atoms with E-state index in [-0.39, 0.29) is 28.1 Å². The first-order valence-corrected chi connectivity index (χ1v) is 13.9. The summed E-state index contributed by atoms with van der Waals surface area (Å²) in [6.07, 6.45) is 17.0. The van der Waals surface area contributed by atoms with Gasteiger partial charge in [0, 0.05) is 35.5 Å². The van der Waals surface area contributed by atoms with Crippen LogP contribution in [0.1, 0.15) is 84.5 Å². The Hall–Kier alpha value is -1.45. The van der Waals surface area contributed by atoms with Crippen molar-refractivity contribution >= 4 is 17.4 Å². The number of rotatable bonds is 2. The number of aliphatic imine (C=N–C) groups is 1. The molecule has 178 valence electrons. The largest absolute Gasteiger partial charge is 0.350 e. The van der Waals surface area contributed by atoms with Gasteiger partial charge in [0.2, 0.25) is 5.91 Å². The number of ketones is 1. The Morgan fingerprint density at radius 2 is 1.70 bits per heavy atom. The molecule has 6 saturated carbocycles. The highest BCUT2D eigenvalue weighted by molar-refractivity contribution is 6.12. The average molecular weight is 449 g/mol. The molecule has 1 heterocycles. The van der Waals surface area contributed by atoms with E-state index in [9.17, 15) is 9.59 Å². The van der Waals surface area contributed by atoms with Gasteiger partial charge in [-0.1, -0.05) is 19.9 Å². The van der Waals surface area contributed by atoms with Crippen LogP contribution in [0.15, 0.2) is 17.1 Å². The SMILES string of the molecule is C[C@]12C=CC(=O)CC1=NC[C@@H]1[C@H]2CC[C@]2(C)C(C(=O)NC34CC5CC(CC(C5)C3)C4)CC[C@@H]12. The van der Waals surface area contributed by atoms with Crippen LogP contribution in [0.4, 0.5) is 0 Å². The first-order valence-electron chi connectivity index (χ1n) is 13.9. The van der Waals surface area contributed by atoms with Gasteiger partial charge in [-0.25, -0.2) is 0 Å². The van der Waals surface area contributed by atoms with E-state index in [2.05, 4.69) is 25.2 Å². The Labute approximate surface area is 198 Å². The number of fused-ring (bicyclic) bond motifs is 5. The third kappa shape index (κ3) is 2.91. The van der Waals surface area contributed by atoms with E-state index in [4.69, 9.17) is 4.99 Å². The Morgan fingerprint density at radius 3 is 2.39 bits per heavy atom. The lowest BCUT2D eigenvalue weighted by Crippen LogP contribution is -2.61. The van der Waals surface area contributed by atoms with Crippen LogP contribution in [0.25, 0.3) is 0 Å². The summed E-state index contributed by atoms with van der Waals surface area (Å²) in [5, 5.41) is 3.74. The smallest absolute Gasteiger partial charge is 0.224 e. The molecule has 0 aromatic heterocycles. The first kappa shape index (κ1) is 20.9. The van der Waals surface area contributed by atoms with Gasteiger partial charge in [-0.05, 0) is 111 Å². The normalized spacial score (nSPS) is 53.8. The zero-order chi connectivity index (χ0) is 22.6. The fourth-order valence-corrected chi connectivity index (χ4v) is 10.9. The molecule has 6 atom stereocenters. The molecule has 8 aliphatic rings. The highest BCUT2D eigenvalue weighted by atomic mass is 16.2. The van der Waals surface area contributed by atoms with Gasteiger partial charge in [0.15, 0.2) is 5.78 Å². The number of carbonyl (C=O) groups excluding carboxylic acids is 2. The van der Waals surface area contributed by atoms with Crippen LogP contribution in [0, 0.1) is 52.3 Å². The molecule has 4 heteroatoms. The number of nitrogens with one attached hydrogen (secondary N) is 1. The fraction of sp³-hybridized carbons (Fsp3) is 0.828. The van der Waals surface area contributed by atoms with Crippen molar-refractivity contribution in [3.8, 4) is 0 Å². The minimum absolute atomic E-state index is 0.0578. The number of allylic oxidation sites excluding steroid dienone is 2. The minimum Gasteiger partial charge on any atom is -0.350 e. The number of hydrogen-bond acceptors (Lipinski definition) is 3. The summed E-state index contributed by atoms with van der Waals surface area (Å²) in [4.78, 5) is 30.9. The van der Waals surface area contributed by atoms with E-state index in [1.807, 2.05) is 6.08 Å². The van der Waals surface area contributed by atoms with Gasteiger partial charge in [-0.15, -0.1) is 0 Å². The van der Waals surface area contributed by atoms with Gasteiger partial charge in [0.1, 0.15) is 0 Å². The zero-order valence-corrected chi connectivity index (χ0v) is 20.4. The number of hydrogen-bond donors (Lipinski definition) is 1. The van der Waals surface area contributed by atoms with Crippen LogP contribution in [0.3, 0.4) is 0 Å². The van der Waals surface area contributed by atoms with Crippen molar-refractivity contribution in [2.75, 3.05) is 6.54 Å². The second-order valence-corrected chi connectivity index (χ2v) is 13.8. The number of carbonyl (C=O) groups is 2. The van der Waals surface area contributed by atoms with Crippen molar-refractivity contribution in [3.05, 3.63) is 12.2 Å². The van der Waals surface area contributed by atoms with Crippen molar-refractivity contribution in [2.24, 2.45) is 57.2 Å². The van der Waals surface area contributed by atoms with E-state index in [1.54, 1.807) is 0 Å². The Balaban J connectivity index is 1.12. The monoisotopic (exact) mass is 448 g/mol. The average Bonchev–Trinajstić information content (AvgIpc) is 3.10. The molecular weight excluding hydrogens is 408 g/mol. The maximum atomic E-state index is 13.9. The molecule has 7 aliphatic carbocycles. The molecule has 1 amide bonds. The van der Waals surface area contributed by atoms with E-state index in [0.29, 0.717) is 30.1 Å². The minimum atomic E-state index is -0.0578. The fourth-order valence-electron chi connectivity index (χ4n) is 10.9. The van der Waals surface area contributed by atoms with Crippen LogP contribution in [0.5, 0.6) is 0 Å². The van der Waals surface area contributed by atoms with E-state index in [0.717, 1.165) is 49.3 Å². The lowest BCUT2D eigenvalue weighted by Gasteiger charge is -2.58. The Bertz CT molecular complexity index is 929. The van der Waals surface area contributed by atoms with Crippen LogP contribution in [-0.2, 0) is 9.59 Å². The molecule has 0 radical (unpaired) electrons. The summed E-state index contributed by atoms with van der Waals surface area (Å²) in [5.41, 5.74) is 1.28. The second kappa shape index (κ2) is 6.82. The zero-order valence-electron chi connectivity index (χ0n) is 20.4. The van der Waals surface area contributed by atoms with Crippen molar-refractivity contribution in [3.63, 3.8) is 0 Å². The molecule has 6 fully saturated rings. The summed E-state index contributed by atoms with van der Waals surface area (Å²) in [7, 11) is 0. The molecular formula is C29H40N2O2. The van der Waals surface area contributed by atoms with Crippen LogP contribution in [-0.4, -0.2) is 29.5 Å². The van der Waals surface area contributed by atoms with Gasteiger partial charge in [-0.3, -0.25) is 14.6 Å². The van der Waals surface area contributed by atoms with Crippen LogP contribution in [0.2, 0.25) is 0 Å². The number of nitrogens with zero attached hydrogens (tertiary/aromatic N) is 1. The summed E-state index contributed by atoms with van der Waals surface area (Å²) in [6.45, 7) is 5.62. The highest BCUT2D eigenvalue weighted by Crippen LogP contribution is 2.63. The van der Waals surface area contributed by atoms with Gasteiger partial charge >= 0.3 is 0 Å². The topological polar surface area (TPSA) is 58.5 Å². The van der Waals surface area contributed by atoms with Gasteiger partial charge < -0.3 is 5.32 Å². The molecule has 1 aliphatic heterocycles. The molecule has 8 rings (SSSR count). The molecule has 0 aromatic rings. The Kier molecular flexibility index (Phi) is 4.31. The lowest BCUT2D eigenvalue weighted by molar-refractivity contribution is -0.136. The molecule has 4 nitrogen and oxygen atoms in total. The molecule has 0 aromatic carbocycles. The van der Waals surface area contributed by atoms with Gasteiger partial charge in [0.25, 0.3) is 0 Å². The molecule has 4 bridgehead atoms. The van der Waals surface area contributed by atoms with Crippen molar-refractivity contribution in [1.82, 2.24) is 5.32 Å². The van der Waals surface area contributed by atoms with Gasteiger partial charge in [0.05, 0.1) is 0 Å². The summed E-state index contributed by atoms with van der Waals surface area (Å²) < 4.78 is 0. The number of amides is 1. The van der Waals surface area contributed by atoms with Crippen LogP contribution >= 0.6 is 0 Å². The van der Waals surface area contributed by atoms with Crippen molar-refractivity contribution in [1.29, 1.82) is 0 Å². The maximum absolute atomic E-state index is 13.9. The highest BCUT2D eigenvalue weighted by Gasteiger charge is 2.61. The van der Waals surface area contributed by atoms with E-state index in [1.165, 1.54) is 44.9 Å². The molecule has 1 unspecified atom stereocenters. The molecule has 33 heavy (non-hydrogen) atoms. The predicted molar refractivity (Wildman–Crippen MR) is 129 cm³/mol. The van der Waals surface area contributed by atoms with Crippen LogP contribution < -0.4 is 5.32 Å². The quantitative estimate of drug-likeness (QED) is 0.637. The van der Waals surface area contributed by atoms with Gasteiger partial charge in [-0.2, -0.15) is 0 Å². The summed E-state index contributed by atoms with van der Waals surface area (Å²) >= 11 is 0. The van der Waals surface area contributed by atoms with Crippen molar-refractivity contribution < 1.29 is 9.59 Å². The lowest BCUT2D eigenvalue weighted by atomic mass is 9.50. The second-order valence-electron chi connectivity index (χ2n) is 13.8. The Morgan fingerprint density at radius 1 is 1.00 bits per heavy atom. The van der Waals surface area contributed by atoms with Crippen molar-refractivity contribution in [2.45, 2.75) is 90.0 Å². The third-order valence-corrected chi connectivity index (χ3v) is 12.0. The third-order valence-electron chi connectivity index (χ3n) is 12.0. The van der Waals surface area contributed by atoms with E-state index < -0.39 is 0 Å². The van der Waals surface area contributed by atoms with E-state index >= 15 is 0 Å². The summed E-state index contributed by atoms with van der Waals surface area (Å²) in [5.74, 6) is 5.04. The standard InChI is InChI=1S/C29H40N2O2/c1-27-8-6-23-21(16-30-25-12-20(32)5-7-28(23,25)2)22(27)3-4-24(27)26(33)31-29-13-17-9-18(14-29)11-19(10-17)15-29/h5,7,17-19,21-24H,3-4,6,8-16H2,1-2H3,(H,31,33)/t17?,18?,19?,21-,22-,23+,24?,27-,28+,29?/m0/s1. The summed E-state index contributed by atoms with van der Waals surface area (Å²) in [6, 6.07) is 0. The predicted octanol–water partition coefficient (Wildman–Crippen LogP) is 5.12. The first-order chi connectivity index (χ1) is 15.8. The molecule has 0 spiro atoms.